The van der Waals surface area contributed by atoms with Gasteiger partial charge >= 0.3 is 5.97 Å². The van der Waals surface area contributed by atoms with Crippen LogP contribution in [0.5, 0.6) is 0 Å². The first-order valence-corrected chi connectivity index (χ1v) is 6.20. The molecular weight excluding hydrogens is 258 g/mol. The van der Waals surface area contributed by atoms with E-state index in [0.29, 0.717) is 11.1 Å². The van der Waals surface area contributed by atoms with Gasteiger partial charge in [-0.05, 0) is 38.7 Å². The van der Waals surface area contributed by atoms with Gasteiger partial charge in [0.1, 0.15) is 0 Å². The number of aromatic nitrogens is 1. The van der Waals surface area contributed by atoms with Crippen molar-refractivity contribution in [2.45, 2.75) is 13.0 Å². The van der Waals surface area contributed by atoms with E-state index in [0.717, 1.165) is 12.6 Å². The van der Waals surface area contributed by atoms with Crippen molar-refractivity contribution in [1.29, 1.82) is 0 Å². The number of amides is 1. The Balaban J connectivity index is 2.73. The van der Waals surface area contributed by atoms with Crippen LogP contribution in [-0.2, 0) is 4.79 Å². The van der Waals surface area contributed by atoms with Gasteiger partial charge in [-0.3, -0.25) is 9.78 Å². The molecule has 0 bridgehead atoms. The molecule has 0 spiro atoms. The van der Waals surface area contributed by atoms with Gasteiger partial charge in [-0.1, -0.05) is 0 Å². The van der Waals surface area contributed by atoms with E-state index in [1.54, 1.807) is 6.07 Å². The Hall–Kier alpha value is -2.21. The maximum absolute atomic E-state index is 12.0. The van der Waals surface area contributed by atoms with Gasteiger partial charge in [0, 0.05) is 31.1 Å². The minimum absolute atomic E-state index is 0.00992. The second-order valence-corrected chi connectivity index (χ2v) is 4.82. The lowest BCUT2D eigenvalue weighted by molar-refractivity contribution is -0.131. The average Bonchev–Trinajstić information content (AvgIpc) is 2.35. The molecule has 1 aromatic rings. The zero-order valence-electron chi connectivity index (χ0n) is 11.8. The van der Waals surface area contributed by atoms with Gasteiger partial charge in [0.15, 0.2) is 0 Å². The summed E-state index contributed by atoms with van der Waals surface area (Å²) >= 11 is 0. The smallest absolute Gasteiger partial charge is 0.328 e. The highest BCUT2D eigenvalue weighted by Crippen LogP contribution is 2.05. The van der Waals surface area contributed by atoms with E-state index in [1.807, 2.05) is 25.9 Å². The van der Waals surface area contributed by atoms with Crippen molar-refractivity contribution in [1.82, 2.24) is 15.2 Å². The number of nitrogens with zero attached hydrogens (tertiary/aromatic N) is 2. The topological polar surface area (TPSA) is 82.5 Å². The maximum atomic E-state index is 12.0. The Kier molecular flexibility index (Phi) is 5.86. The molecule has 1 heterocycles. The van der Waals surface area contributed by atoms with E-state index in [-0.39, 0.29) is 11.9 Å². The number of carboxylic acids is 1. The molecule has 2 N–H and O–H groups in total. The van der Waals surface area contributed by atoms with E-state index in [9.17, 15) is 9.59 Å². The van der Waals surface area contributed by atoms with Crippen LogP contribution < -0.4 is 5.32 Å². The lowest BCUT2D eigenvalue weighted by Crippen LogP contribution is -2.39. The van der Waals surface area contributed by atoms with Gasteiger partial charge in [0.05, 0.1) is 5.56 Å². The summed E-state index contributed by atoms with van der Waals surface area (Å²) in [4.78, 5) is 28.4. The van der Waals surface area contributed by atoms with Crippen LogP contribution in [0.1, 0.15) is 22.8 Å². The zero-order valence-corrected chi connectivity index (χ0v) is 11.8. The molecule has 0 aliphatic carbocycles. The Morgan fingerprint density at radius 1 is 1.45 bits per heavy atom. The molecule has 1 unspecified atom stereocenters. The average molecular weight is 277 g/mol. The van der Waals surface area contributed by atoms with Crippen LogP contribution in [0.3, 0.4) is 0 Å². The van der Waals surface area contributed by atoms with Crippen molar-refractivity contribution in [2.75, 3.05) is 20.6 Å². The van der Waals surface area contributed by atoms with Crippen LogP contribution >= 0.6 is 0 Å². The molecule has 1 amide bonds. The number of rotatable bonds is 6. The predicted octanol–water partition coefficient (Wildman–Crippen LogP) is 0.859. The molecule has 1 atom stereocenters. The summed E-state index contributed by atoms with van der Waals surface area (Å²) in [5.74, 6) is -1.27. The molecule has 20 heavy (non-hydrogen) atoms. The third kappa shape index (κ3) is 5.62. The van der Waals surface area contributed by atoms with Crippen molar-refractivity contribution >= 4 is 18.0 Å². The molecule has 6 nitrogen and oxygen atoms in total. The number of nitrogens with one attached hydrogen (secondary N) is 1. The molecule has 0 fully saturated rings. The van der Waals surface area contributed by atoms with Crippen LogP contribution in [0.4, 0.5) is 0 Å². The third-order valence-corrected chi connectivity index (χ3v) is 2.46. The summed E-state index contributed by atoms with van der Waals surface area (Å²) in [6.45, 7) is 2.65. The van der Waals surface area contributed by atoms with Crippen LogP contribution in [0.25, 0.3) is 6.08 Å². The van der Waals surface area contributed by atoms with Crippen molar-refractivity contribution in [3.05, 3.63) is 35.7 Å². The molecule has 6 heteroatoms. The minimum atomic E-state index is -1.04. The van der Waals surface area contributed by atoms with Crippen molar-refractivity contribution in [2.24, 2.45) is 0 Å². The SMILES string of the molecule is CC(CN(C)C)NC(=O)c1cncc(/C=C/C(=O)O)c1. The number of carbonyl (C=O) groups excluding carboxylic acids is 1. The van der Waals surface area contributed by atoms with E-state index in [1.165, 1.54) is 18.5 Å². The monoisotopic (exact) mass is 277 g/mol. The highest BCUT2D eigenvalue weighted by Gasteiger charge is 2.10. The molecule has 0 saturated carbocycles. The summed E-state index contributed by atoms with van der Waals surface area (Å²) < 4.78 is 0. The zero-order chi connectivity index (χ0) is 15.1. The van der Waals surface area contributed by atoms with Gasteiger partial charge in [-0.25, -0.2) is 4.79 Å². The van der Waals surface area contributed by atoms with Crippen molar-refractivity contribution in [3.63, 3.8) is 0 Å². The number of carbonyl (C=O) groups is 2. The highest BCUT2D eigenvalue weighted by atomic mass is 16.4. The van der Waals surface area contributed by atoms with Crippen LogP contribution in [0.15, 0.2) is 24.5 Å². The Morgan fingerprint density at radius 2 is 2.15 bits per heavy atom. The molecule has 108 valence electrons. The van der Waals surface area contributed by atoms with Gasteiger partial charge in [0.25, 0.3) is 5.91 Å². The van der Waals surface area contributed by atoms with Gasteiger partial charge in [-0.2, -0.15) is 0 Å². The number of hydrogen-bond donors (Lipinski definition) is 2. The fourth-order valence-electron chi connectivity index (χ4n) is 1.74. The second-order valence-electron chi connectivity index (χ2n) is 4.82. The van der Waals surface area contributed by atoms with Gasteiger partial charge in [-0.15, -0.1) is 0 Å². The molecule has 1 aromatic heterocycles. The van der Waals surface area contributed by atoms with E-state index >= 15 is 0 Å². The summed E-state index contributed by atoms with van der Waals surface area (Å²) in [6, 6.07) is 1.61. The maximum Gasteiger partial charge on any atom is 0.328 e. The van der Waals surface area contributed by atoms with Gasteiger partial charge < -0.3 is 15.3 Å². The number of pyridine rings is 1. The fourth-order valence-corrected chi connectivity index (χ4v) is 1.74. The normalized spacial score (nSPS) is 12.6. The van der Waals surface area contributed by atoms with E-state index < -0.39 is 5.97 Å². The Morgan fingerprint density at radius 3 is 2.75 bits per heavy atom. The summed E-state index contributed by atoms with van der Waals surface area (Å²) in [7, 11) is 3.86. The first kappa shape index (κ1) is 15.8. The molecule has 0 aliphatic heterocycles. The Labute approximate surface area is 118 Å². The molecule has 0 saturated heterocycles. The van der Waals surface area contributed by atoms with E-state index in [2.05, 4.69) is 10.3 Å². The quantitative estimate of drug-likeness (QED) is 0.754. The molecule has 1 rings (SSSR count). The summed E-state index contributed by atoms with van der Waals surface area (Å²) in [5.41, 5.74) is 0.975. The largest absolute Gasteiger partial charge is 0.478 e. The predicted molar refractivity (Wildman–Crippen MR) is 76.4 cm³/mol. The summed E-state index contributed by atoms with van der Waals surface area (Å²) in [5, 5.41) is 11.4. The third-order valence-electron chi connectivity index (χ3n) is 2.46. The van der Waals surface area contributed by atoms with Crippen LogP contribution in [-0.4, -0.2) is 53.5 Å². The summed E-state index contributed by atoms with van der Waals surface area (Å²) in [6.07, 6.45) is 5.36. The number of carboxylic acid groups (broad SMARTS) is 1. The minimum Gasteiger partial charge on any atom is -0.478 e. The number of likely N-dealkylation sites (N-methyl/N-ethyl adjacent to an activating group) is 1. The van der Waals surface area contributed by atoms with Crippen LogP contribution in [0, 0.1) is 0 Å². The van der Waals surface area contributed by atoms with Crippen molar-refractivity contribution < 1.29 is 14.7 Å². The first-order valence-electron chi connectivity index (χ1n) is 6.20. The second kappa shape index (κ2) is 7.40. The molecular formula is C14H19N3O3. The molecule has 0 aliphatic rings. The standard InChI is InChI=1S/C14H19N3O3/c1-10(9-17(2)3)16-14(20)12-6-11(7-15-8-12)4-5-13(18)19/h4-8,10H,9H2,1-3H3,(H,16,20)(H,18,19)/b5-4+. The molecule has 0 aromatic carbocycles. The number of hydrogen-bond acceptors (Lipinski definition) is 4. The highest BCUT2D eigenvalue weighted by molar-refractivity contribution is 5.95. The van der Waals surface area contributed by atoms with E-state index in [4.69, 9.17) is 5.11 Å². The lowest BCUT2D eigenvalue weighted by Gasteiger charge is -2.18. The van der Waals surface area contributed by atoms with Crippen molar-refractivity contribution in [3.8, 4) is 0 Å². The lowest BCUT2D eigenvalue weighted by atomic mass is 10.1. The number of aliphatic carboxylic acids is 1. The Bertz CT molecular complexity index is 512. The molecule has 0 radical (unpaired) electrons. The first-order chi connectivity index (χ1) is 9.38. The van der Waals surface area contributed by atoms with Gasteiger partial charge in [0.2, 0.25) is 0 Å². The fraction of sp³-hybridized carbons (Fsp3) is 0.357. The van der Waals surface area contributed by atoms with Crippen LogP contribution in [0.2, 0.25) is 0 Å².